The Kier molecular flexibility index (Phi) is 8.87. The second-order valence-corrected chi connectivity index (χ2v) is 12.2. The van der Waals surface area contributed by atoms with E-state index in [0.717, 1.165) is 5.56 Å². The third-order valence-electron chi connectivity index (χ3n) is 7.03. The predicted molar refractivity (Wildman–Crippen MR) is 151 cm³/mol. The number of hydrogen-bond donors (Lipinski definition) is 2. The van der Waals surface area contributed by atoms with Crippen LogP contribution in [0, 0.1) is 12.8 Å². The van der Waals surface area contributed by atoms with E-state index in [9.17, 15) is 23.1 Å². The second kappa shape index (κ2) is 12.2. The third-order valence-corrected chi connectivity index (χ3v) is 8.87. The molecule has 0 saturated carbocycles. The molecule has 0 aliphatic carbocycles. The van der Waals surface area contributed by atoms with Crippen molar-refractivity contribution in [1.82, 2.24) is 14.2 Å². The van der Waals surface area contributed by atoms with Gasteiger partial charge in [-0.1, -0.05) is 24.6 Å². The summed E-state index contributed by atoms with van der Waals surface area (Å²) in [5, 5.41) is 12.7. The molecule has 40 heavy (non-hydrogen) atoms. The quantitative estimate of drug-likeness (QED) is 0.428. The molecular formula is C29H34N4O6S. The van der Waals surface area contributed by atoms with Gasteiger partial charge in [0.1, 0.15) is 11.9 Å². The van der Waals surface area contributed by atoms with Crippen molar-refractivity contribution in [3.63, 3.8) is 0 Å². The molecular weight excluding hydrogens is 532 g/mol. The Morgan fingerprint density at radius 2 is 1.85 bits per heavy atom. The Hall–Kier alpha value is -3.80. The van der Waals surface area contributed by atoms with Gasteiger partial charge in [-0.25, -0.2) is 8.42 Å². The van der Waals surface area contributed by atoms with Gasteiger partial charge < -0.3 is 20.1 Å². The highest BCUT2D eigenvalue weighted by Gasteiger charge is 2.35. The number of hydrogen-bond acceptors (Lipinski definition) is 7. The molecule has 1 aromatic heterocycles. The summed E-state index contributed by atoms with van der Waals surface area (Å²) in [4.78, 5) is 32.0. The molecule has 3 atom stereocenters. The van der Waals surface area contributed by atoms with Crippen molar-refractivity contribution >= 4 is 27.5 Å². The third kappa shape index (κ3) is 6.33. The number of pyridine rings is 1. The maximum Gasteiger partial charge on any atom is 0.258 e. The molecule has 0 saturated heterocycles. The van der Waals surface area contributed by atoms with E-state index >= 15 is 0 Å². The minimum absolute atomic E-state index is 0.0346. The molecule has 0 spiro atoms. The van der Waals surface area contributed by atoms with Crippen molar-refractivity contribution in [3.05, 3.63) is 83.7 Å². The Morgan fingerprint density at radius 3 is 2.50 bits per heavy atom. The number of aliphatic hydroxyl groups excluding tert-OH is 1. The molecule has 0 fully saturated rings. The largest absolute Gasteiger partial charge is 0.488 e. The minimum Gasteiger partial charge on any atom is -0.488 e. The van der Waals surface area contributed by atoms with E-state index in [1.54, 1.807) is 60.4 Å². The van der Waals surface area contributed by atoms with Crippen LogP contribution in [-0.4, -0.2) is 78.4 Å². The summed E-state index contributed by atoms with van der Waals surface area (Å²) in [7, 11) is -2.29. The molecule has 1 aliphatic heterocycles. The van der Waals surface area contributed by atoms with Gasteiger partial charge in [0.05, 0.1) is 29.7 Å². The van der Waals surface area contributed by atoms with E-state index in [0.29, 0.717) is 11.3 Å². The van der Waals surface area contributed by atoms with Gasteiger partial charge >= 0.3 is 0 Å². The molecule has 1 aliphatic rings. The van der Waals surface area contributed by atoms with Crippen LogP contribution in [-0.2, 0) is 10.0 Å². The zero-order chi connectivity index (χ0) is 29.0. The number of nitrogens with one attached hydrogen (secondary N) is 1. The molecule has 4 rings (SSSR count). The minimum atomic E-state index is -3.79. The first-order valence-corrected chi connectivity index (χ1v) is 14.4. The SMILES string of the molecule is Cc1ccc(S(=O)(=O)N(C)C[C@H]2Oc3ccc(NC(=O)c4ccncc4)cc3C(=O)N([C@@H](C)CO)C[C@H]2C)cc1. The van der Waals surface area contributed by atoms with Crippen LogP contribution in [0.15, 0.2) is 71.9 Å². The van der Waals surface area contributed by atoms with Crippen molar-refractivity contribution < 1.29 is 27.9 Å². The molecule has 212 valence electrons. The number of likely N-dealkylation sites (N-methyl/N-ethyl adjacent to an activating group) is 1. The van der Waals surface area contributed by atoms with Gasteiger partial charge in [0.25, 0.3) is 11.8 Å². The zero-order valence-electron chi connectivity index (χ0n) is 22.9. The van der Waals surface area contributed by atoms with E-state index in [1.807, 2.05) is 13.8 Å². The summed E-state index contributed by atoms with van der Waals surface area (Å²) >= 11 is 0. The first-order valence-electron chi connectivity index (χ1n) is 13.0. The summed E-state index contributed by atoms with van der Waals surface area (Å²) in [5.41, 5.74) is 1.95. The lowest BCUT2D eigenvalue weighted by Crippen LogP contribution is -2.50. The summed E-state index contributed by atoms with van der Waals surface area (Å²) in [6.45, 7) is 5.53. The number of benzene rings is 2. The summed E-state index contributed by atoms with van der Waals surface area (Å²) in [6, 6.07) is 14.1. The molecule has 2 aromatic carbocycles. The highest BCUT2D eigenvalue weighted by molar-refractivity contribution is 7.89. The summed E-state index contributed by atoms with van der Waals surface area (Å²) < 4.78 is 34.1. The fourth-order valence-electron chi connectivity index (χ4n) is 4.47. The topological polar surface area (TPSA) is 129 Å². The molecule has 3 aromatic rings. The number of aromatic nitrogens is 1. The van der Waals surface area contributed by atoms with Gasteiger partial charge in [-0.15, -0.1) is 0 Å². The van der Waals surface area contributed by atoms with E-state index in [4.69, 9.17) is 4.74 Å². The van der Waals surface area contributed by atoms with Crippen LogP contribution < -0.4 is 10.1 Å². The molecule has 2 amide bonds. The summed E-state index contributed by atoms with van der Waals surface area (Å²) in [5.74, 6) is -0.730. The Balaban J connectivity index is 1.65. The van der Waals surface area contributed by atoms with Crippen LogP contribution in [0.25, 0.3) is 0 Å². The number of nitrogens with zero attached hydrogens (tertiary/aromatic N) is 3. The highest BCUT2D eigenvalue weighted by atomic mass is 32.2. The molecule has 0 unspecified atom stereocenters. The number of fused-ring (bicyclic) bond motifs is 1. The molecule has 0 bridgehead atoms. The molecule has 2 N–H and O–H groups in total. The molecule has 11 heteroatoms. The number of anilines is 1. The number of aryl methyl sites for hydroxylation is 1. The number of sulfonamides is 1. The second-order valence-electron chi connectivity index (χ2n) is 10.1. The van der Waals surface area contributed by atoms with Gasteiger partial charge in [-0.2, -0.15) is 4.31 Å². The standard InChI is InChI=1S/C29H34N4O6S/c1-19-5-8-24(9-6-19)40(37,38)32(4)17-27-20(2)16-33(21(3)18-34)29(36)25-15-23(7-10-26(25)39-27)31-28(35)22-11-13-30-14-12-22/h5-15,20-21,27,34H,16-18H2,1-4H3,(H,31,35)/t20-,21+,27-/m1/s1. The molecule has 10 nitrogen and oxygen atoms in total. The van der Waals surface area contributed by atoms with E-state index in [2.05, 4.69) is 10.3 Å². The Labute approximate surface area is 234 Å². The van der Waals surface area contributed by atoms with Crippen LogP contribution >= 0.6 is 0 Å². The van der Waals surface area contributed by atoms with Gasteiger partial charge in [0.2, 0.25) is 10.0 Å². The fraction of sp³-hybridized carbons (Fsp3) is 0.345. The maximum atomic E-state index is 13.7. The van der Waals surface area contributed by atoms with E-state index in [-0.39, 0.29) is 53.6 Å². The lowest BCUT2D eigenvalue weighted by atomic mass is 9.99. The number of ether oxygens (including phenoxy) is 1. The average molecular weight is 567 g/mol. The van der Waals surface area contributed by atoms with Crippen LogP contribution in [0.2, 0.25) is 0 Å². The van der Waals surface area contributed by atoms with E-state index in [1.165, 1.54) is 29.8 Å². The number of aliphatic hydroxyl groups is 1. The van der Waals surface area contributed by atoms with Gasteiger partial charge in [0.15, 0.2) is 0 Å². The van der Waals surface area contributed by atoms with Crippen molar-refractivity contribution in [1.29, 1.82) is 0 Å². The van der Waals surface area contributed by atoms with Gasteiger partial charge in [-0.3, -0.25) is 14.6 Å². The van der Waals surface area contributed by atoms with Crippen molar-refractivity contribution in [2.75, 3.05) is 32.1 Å². The van der Waals surface area contributed by atoms with Crippen molar-refractivity contribution in [3.8, 4) is 5.75 Å². The van der Waals surface area contributed by atoms with Crippen LogP contribution in [0.5, 0.6) is 5.75 Å². The predicted octanol–water partition coefficient (Wildman–Crippen LogP) is 3.18. The monoisotopic (exact) mass is 566 g/mol. The lowest BCUT2D eigenvalue weighted by Gasteiger charge is -2.38. The fourth-order valence-corrected chi connectivity index (χ4v) is 5.65. The van der Waals surface area contributed by atoms with Gasteiger partial charge in [-0.05, 0) is 56.3 Å². The van der Waals surface area contributed by atoms with Crippen LogP contribution in [0.1, 0.15) is 40.1 Å². The first kappa shape index (κ1) is 29.2. The smallest absolute Gasteiger partial charge is 0.258 e. The highest BCUT2D eigenvalue weighted by Crippen LogP contribution is 2.31. The first-order chi connectivity index (χ1) is 19.0. The number of amides is 2. The average Bonchev–Trinajstić information content (AvgIpc) is 2.95. The van der Waals surface area contributed by atoms with Crippen LogP contribution in [0.4, 0.5) is 5.69 Å². The number of carbonyl (C=O) groups is 2. The Bertz CT molecular complexity index is 1460. The normalized spacial score (nSPS) is 18.4. The van der Waals surface area contributed by atoms with E-state index < -0.39 is 22.2 Å². The van der Waals surface area contributed by atoms with Crippen LogP contribution in [0.3, 0.4) is 0 Å². The lowest BCUT2D eigenvalue weighted by molar-refractivity contribution is 0.0387. The van der Waals surface area contributed by atoms with Crippen molar-refractivity contribution in [2.24, 2.45) is 5.92 Å². The molecule has 2 heterocycles. The Morgan fingerprint density at radius 1 is 1.18 bits per heavy atom. The molecule has 0 radical (unpaired) electrons. The number of carbonyl (C=O) groups excluding carboxylic acids is 2. The van der Waals surface area contributed by atoms with Gasteiger partial charge in [0, 0.05) is 43.2 Å². The zero-order valence-corrected chi connectivity index (χ0v) is 23.8. The number of rotatable bonds is 8. The summed E-state index contributed by atoms with van der Waals surface area (Å²) in [6.07, 6.45) is 2.42. The maximum absolute atomic E-state index is 13.7. The van der Waals surface area contributed by atoms with Crippen molar-refractivity contribution in [2.45, 2.75) is 37.8 Å².